The summed E-state index contributed by atoms with van der Waals surface area (Å²) in [5.74, 6) is 1.72. The highest BCUT2D eigenvalue weighted by atomic mass is 32.1. The first-order chi connectivity index (χ1) is 15.0. The summed E-state index contributed by atoms with van der Waals surface area (Å²) >= 11 is 5.52. The van der Waals surface area contributed by atoms with Crippen molar-refractivity contribution in [3.63, 3.8) is 0 Å². The van der Waals surface area contributed by atoms with E-state index < -0.39 is 12.0 Å². The summed E-state index contributed by atoms with van der Waals surface area (Å²) in [5, 5.41) is 1.48. The molecule has 0 aromatic heterocycles. The maximum atomic E-state index is 5.52. The van der Waals surface area contributed by atoms with Gasteiger partial charge in [0, 0.05) is 0 Å². The number of hydrogen-bond acceptors (Lipinski definition) is 3. The van der Waals surface area contributed by atoms with Crippen molar-refractivity contribution in [2.24, 2.45) is 0 Å². The highest BCUT2D eigenvalue weighted by Gasteiger charge is 2.53. The molecule has 1 atom stereocenters. The van der Waals surface area contributed by atoms with Crippen molar-refractivity contribution in [3.05, 3.63) is 90.0 Å². The molecule has 31 heavy (non-hydrogen) atoms. The molecule has 3 aromatic carbocycles. The molecule has 0 spiro atoms. The van der Waals surface area contributed by atoms with Crippen molar-refractivity contribution >= 4 is 25.2 Å². The largest absolute Gasteiger partial charge is 0.497 e. The molecule has 0 bridgehead atoms. The molecule has 0 aliphatic carbocycles. The van der Waals surface area contributed by atoms with Gasteiger partial charge in [-0.15, -0.1) is 0 Å². The lowest BCUT2D eigenvalue weighted by Crippen LogP contribution is -2.40. The third-order valence-corrected chi connectivity index (χ3v) is 13.4. The van der Waals surface area contributed by atoms with Crippen LogP contribution in [-0.4, -0.2) is 32.2 Å². The second kappa shape index (κ2) is 10.1. The second-order valence-corrected chi connectivity index (χ2v) is 13.2. The van der Waals surface area contributed by atoms with E-state index in [0.717, 1.165) is 23.8 Å². The predicted molar refractivity (Wildman–Crippen MR) is 139 cm³/mol. The zero-order chi connectivity index (χ0) is 22.5. The topological polar surface area (TPSA) is 18.5 Å². The highest BCUT2D eigenvalue weighted by molar-refractivity contribution is 7.86. The van der Waals surface area contributed by atoms with E-state index in [1.54, 1.807) is 14.2 Å². The first-order valence-corrected chi connectivity index (χ1v) is 13.6. The van der Waals surface area contributed by atoms with Crippen molar-refractivity contribution in [1.82, 2.24) is 0 Å². The van der Waals surface area contributed by atoms with Crippen LogP contribution in [0.1, 0.15) is 31.9 Å². The Balaban J connectivity index is 2.22. The minimum absolute atomic E-state index is 0.322. The van der Waals surface area contributed by atoms with E-state index in [0.29, 0.717) is 5.66 Å². The van der Waals surface area contributed by atoms with Crippen molar-refractivity contribution in [3.8, 4) is 11.5 Å². The molecule has 0 radical (unpaired) electrons. The Hall–Kier alpha value is -1.96. The van der Waals surface area contributed by atoms with E-state index in [2.05, 4.69) is 75.4 Å². The van der Waals surface area contributed by atoms with E-state index in [1.807, 2.05) is 24.3 Å². The van der Waals surface area contributed by atoms with Gasteiger partial charge < -0.3 is 9.47 Å². The van der Waals surface area contributed by atoms with Gasteiger partial charge >= 0.3 is 0 Å². The summed E-state index contributed by atoms with van der Waals surface area (Å²) in [5.41, 5.74) is 2.70. The summed E-state index contributed by atoms with van der Waals surface area (Å²) in [6.07, 6.45) is 2.28. The van der Waals surface area contributed by atoms with Gasteiger partial charge in [0.2, 0.25) is 0 Å². The summed E-state index contributed by atoms with van der Waals surface area (Å²) < 4.78 is 10.4. The SMILES string of the molecule is CC[P+](CC)(c1ccccc1)[C@@H](C)C(S)(c1ccc(OC)cc1)c1ccc(OC)cc1. The van der Waals surface area contributed by atoms with Crippen molar-refractivity contribution < 1.29 is 9.47 Å². The minimum atomic E-state index is -1.53. The standard InChI is InChI=1S/C27H33O2PS/c1-6-30(7-2,26-11-9-8-10-12-26)21(3)27(31,22-13-17-24(28-4)18-14-22)23-15-19-25(29-5)20-16-23/h8-21H,6-7H2,1-5H3/p+1/t21-/m0/s1. The zero-order valence-electron chi connectivity index (χ0n) is 19.2. The minimum Gasteiger partial charge on any atom is -0.497 e. The van der Waals surface area contributed by atoms with Crippen LogP contribution in [0.5, 0.6) is 11.5 Å². The zero-order valence-corrected chi connectivity index (χ0v) is 21.0. The van der Waals surface area contributed by atoms with Crippen LogP contribution in [0.15, 0.2) is 78.9 Å². The normalized spacial score (nSPS) is 13.0. The van der Waals surface area contributed by atoms with Crippen LogP contribution in [-0.2, 0) is 4.75 Å². The van der Waals surface area contributed by atoms with E-state index in [1.165, 1.54) is 16.4 Å². The van der Waals surface area contributed by atoms with Gasteiger partial charge in [-0.2, -0.15) is 12.6 Å². The summed E-state index contributed by atoms with van der Waals surface area (Å²) in [7, 11) is 1.88. The molecular formula is C27H34O2PS+. The van der Waals surface area contributed by atoms with Crippen LogP contribution < -0.4 is 14.8 Å². The molecule has 0 amide bonds. The quantitative estimate of drug-likeness (QED) is 0.289. The molecule has 0 unspecified atom stereocenters. The fourth-order valence-corrected chi connectivity index (χ4v) is 10.2. The van der Waals surface area contributed by atoms with Crippen LogP contribution in [0.25, 0.3) is 0 Å². The third kappa shape index (κ3) is 4.36. The molecule has 0 fully saturated rings. The molecule has 164 valence electrons. The Morgan fingerprint density at radius 1 is 0.742 bits per heavy atom. The van der Waals surface area contributed by atoms with Crippen LogP contribution in [0.3, 0.4) is 0 Å². The second-order valence-electron chi connectivity index (χ2n) is 7.90. The monoisotopic (exact) mass is 453 g/mol. The van der Waals surface area contributed by atoms with Gasteiger partial charge in [-0.1, -0.05) is 42.5 Å². The Bertz CT molecular complexity index is 903. The lowest BCUT2D eigenvalue weighted by Gasteiger charge is -2.42. The van der Waals surface area contributed by atoms with E-state index >= 15 is 0 Å². The number of hydrogen-bond donors (Lipinski definition) is 1. The van der Waals surface area contributed by atoms with Gasteiger partial charge in [0.15, 0.2) is 0 Å². The van der Waals surface area contributed by atoms with Crippen molar-refractivity contribution in [2.45, 2.75) is 31.2 Å². The molecular weight excluding hydrogens is 419 g/mol. The van der Waals surface area contributed by atoms with E-state index in [4.69, 9.17) is 22.1 Å². The molecule has 0 N–H and O–H groups in total. The molecule has 0 saturated carbocycles. The first kappa shape index (κ1) is 23.7. The maximum Gasteiger partial charge on any atom is 0.118 e. The van der Waals surface area contributed by atoms with Crippen molar-refractivity contribution in [1.29, 1.82) is 0 Å². The summed E-state index contributed by atoms with van der Waals surface area (Å²) in [4.78, 5) is 0. The average molecular weight is 454 g/mol. The smallest absolute Gasteiger partial charge is 0.118 e. The lowest BCUT2D eigenvalue weighted by molar-refractivity contribution is 0.414. The third-order valence-electron chi connectivity index (χ3n) is 6.81. The van der Waals surface area contributed by atoms with E-state index in [-0.39, 0.29) is 0 Å². The Morgan fingerprint density at radius 2 is 1.16 bits per heavy atom. The van der Waals surface area contributed by atoms with Crippen LogP contribution >= 0.6 is 19.9 Å². The molecule has 3 aromatic rings. The summed E-state index contributed by atoms with van der Waals surface area (Å²) in [6, 6.07) is 27.9. The molecule has 0 aliphatic heterocycles. The van der Waals surface area contributed by atoms with Crippen LogP contribution in [0, 0.1) is 0 Å². The highest BCUT2D eigenvalue weighted by Crippen LogP contribution is 2.67. The number of ether oxygens (including phenoxy) is 2. The lowest BCUT2D eigenvalue weighted by atomic mass is 9.87. The molecule has 0 heterocycles. The number of methoxy groups -OCH3 is 2. The fraction of sp³-hybridized carbons (Fsp3) is 0.333. The van der Waals surface area contributed by atoms with Crippen LogP contribution in [0.4, 0.5) is 0 Å². The number of thiol groups is 1. The number of benzene rings is 3. The molecule has 4 heteroatoms. The first-order valence-electron chi connectivity index (χ1n) is 10.9. The molecule has 0 aliphatic rings. The van der Waals surface area contributed by atoms with Gasteiger partial charge in [-0.25, -0.2) is 0 Å². The molecule has 3 rings (SSSR count). The van der Waals surface area contributed by atoms with Gasteiger partial charge in [-0.3, -0.25) is 0 Å². The fourth-order valence-electron chi connectivity index (χ4n) is 4.78. The number of rotatable bonds is 9. The summed E-state index contributed by atoms with van der Waals surface area (Å²) in [6.45, 7) is 7.09. The maximum absolute atomic E-state index is 5.52. The predicted octanol–water partition coefficient (Wildman–Crippen LogP) is 6.65. The van der Waals surface area contributed by atoms with Gasteiger partial charge in [0.1, 0.15) is 11.5 Å². The average Bonchev–Trinajstić information content (AvgIpc) is 2.85. The van der Waals surface area contributed by atoms with Gasteiger partial charge in [-0.05, 0) is 68.3 Å². The molecule has 2 nitrogen and oxygen atoms in total. The van der Waals surface area contributed by atoms with Gasteiger partial charge in [0.05, 0.1) is 49.5 Å². The van der Waals surface area contributed by atoms with E-state index in [9.17, 15) is 0 Å². The Morgan fingerprint density at radius 3 is 1.52 bits per heavy atom. The van der Waals surface area contributed by atoms with Crippen molar-refractivity contribution in [2.75, 3.05) is 26.5 Å². The molecule has 0 saturated heterocycles. The Kier molecular flexibility index (Phi) is 7.73. The Labute approximate surface area is 193 Å². The van der Waals surface area contributed by atoms with Crippen LogP contribution in [0.2, 0.25) is 0 Å². The van der Waals surface area contributed by atoms with Gasteiger partial charge in [0.25, 0.3) is 0 Å².